The summed E-state index contributed by atoms with van der Waals surface area (Å²) in [5.41, 5.74) is 2.46. The topological polar surface area (TPSA) is 49.2 Å². The van der Waals surface area contributed by atoms with Gasteiger partial charge in [-0.3, -0.25) is 4.57 Å². The van der Waals surface area contributed by atoms with Crippen molar-refractivity contribution in [1.82, 2.24) is 14.8 Å². The van der Waals surface area contributed by atoms with E-state index in [1.165, 1.54) is 11.1 Å². The maximum atomic E-state index is 6.15. The average Bonchev–Trinajstić information content (AvgIpc) is 3.16. The number of allylic oxidation sites excluding steroid dienone is 1. The van der Waals surface area contributed by atoms with Gasteiger partial charge >= 0.3 is 0 Å². The molecule has 0 bridgehead atoms. The normalized spacial score (nSPS) is 12.0. The van der Waals surface area contributed by atoms with E-state index in [1.807, 2.05) is 43.3 Å². The van der Waals surface area contributed by atoms with Gasteiger partial charge in [0.1, 0.15) is 11.5 Å². The first-order valence-electron chi connectivity index (χ1n) is 10.1. The molecule has 0 radical (unpaired) electrons. The molecule has 1 atom stereocenters. The quantitative estimate of drug-likeness (QED) is 0.294. The molecular weight excluding hydrogens is 394 g/mol. The first-order valence-corrected chi connectivity index (χ1v) is 11.1. The fraction of sp³-hybridized carbons (Fsp3) is 0.333. The Morgan fingerprint density at radius 2 is 1.83 bits per heavy atom. The highest BCUT2D eigenvalue weighted by atomic mass is 32.2. The van der Waals surface area contributed by atoms with Crippen LogP contribution in [-0.4, -0.2) is 21.9 Å². The average molecular weight is 424 g/mol. The lowest BCUT2D eigenvalue weighted by Crippen LogP contribution is -2.12. The molecule has 0 N–H and O–H groups in total. The Morgan fingerprint density at radius 3 is 2.50 bits per heavy atom. The van der Waals surface area contributed by atoms with Crippen LogP contribution in [0.4, 0.5) is 0 Å². The largest absolute Gasteiger partial charge is 0.497 e. The van der Waals surface area contributed by atoms with Gasteiger partial charge in [-0.15, -0.1) is 16.8 Å². The van der Waals surface area contributed by atoms with E-state index >= 15 is 0 Å². The second kappa shape index (κ2) is 10.3. The van der Waals surface area contributed by atoms with Crippen LogP contribution in [0.2, 0.25) is 0 Å². The summed E-state index contributed by atoms with van der Waals surface area (Å²) in [6.45, 7) is 10.9. The van der Waals surface area contributed by atoms with Crippen molar-refractivity contribution in [2.45, 2.75) is 50.2 Å². The Bertz CT molecular complexity index is 967. The van der Waals surface area contributed by atoms with E-state index in [1.54, 1.807) is 18.9 Å². The third kappa shape index (κ3) is 5.45. The molecule has 0 aliphatic carbocycles. The molecule has 0 amide bonds. The minimum atomic E-state index is -0.228. The van der Waals surface area contributed by atoms with Gasteiger partial charge in [-0.1, -0.05) is 56.0 Å². The Labute approximate surface area is 183 Å². The lowest BCUT2D eigenvalue weighted by Gasteiger charge is -2.16. The molecule has 2 aromatic carbocycles. The smallest absolute Gasteiger partial charge is 0.191 e. The molecule has 30 heavy (non-hydrogen) atoms. The molecular formula is C24H29N3O2S. The predicted molar refractivity (Wildman–Crippen MR) is 122 cm³/mol. The number of hydrogen-bond donors (Lipinski definition) is 0. The van der Waals surface area contributed by atoms with E-state index < -0.39 is 0 Å². The fourth-order valence-electron chi connectivity index (χ4n) is 3.11. The summed E-state index contributed by atoms with van der Waals surface area (Å²) in [5.74, 6) is 3.74. The van der Waals surface area contributed by atoms with Gasteiger partial charge < -0.3 is 9.47 Å². The van der Waals surface area contributed by atoms with Gasteiger partial charge in [-0.25, -0.2) is 0 Å². The maximum absolute atomic E-state index is 6.15. The predicted octanol–water partition coefficient (Wildman–Crippen LogP) is 6.03. The third-order valence-corrected chi connectivity index (χ3v) is 5.82. The van der Waals surface area contributed by atoms with Crippen LogP contribution < -0.4 is 9.47 Å². The third-order valence-electron chi connectivity index (χ3n) is 4.78. The van der Waals surface area contributed by atoms with Crippen LogP contribution in [0, 0.1) is 0 Å². The highest BCUT2D eigenvalue weighted by molar-refractivity contribution is 7.98. The zero-order valence-electron chi connectivity index (χ0n) is 18.0. The molecule has 3 aromatic rings. The fourth-order valence-corrected chi connectivity index (χ4v) is 4.00. The number of ether oxygens (including phenoxy) is 2. The molecule has 158 valence electrons. The molecule has 0 saturated heterocycles. The highest BCUT2D eigenvalue weighted by Crippen LogP contribution is 2.28. The van der Waals surface area contributed by atoms with Gasteiger partial charge in [0.05, 0.1) is 7.11 Å². The van der Waals surface area contributed by atoms with Crippen LogP contribution >= 0.6 is 11.8 Å². The Kier molecular flexibility index (Phi) is 7.57. The molecule has 5 nitrogen and oxygen atoms in total. The molecule has 1 aromatic heterocycles. The maximum Gasteiger partial charge on any atom is 0.191 e. The molecule has 6 heteroatoms. The van der Waals surface area contributed by atoms with E-state index in [0.717, 1.165) is 28.2 Å². The van der Waals surface area contributed by atoms with E-state index in [9.17, 15) is 0 Å². The summed E-state index contributed by atoms with van der Waals surface area (Å²) in [6.07, 6.45) is 1.63. The van der Waals surface area contributed by atoms with Gasteiger partial charge in [-0.2, -0.15) is 0 Å². The summed E-state index contributed by atoms with van der Waals surface area (Å²) in [5, 5.41) is 9.67. The number of hydrogen-bond acceptors (Lipinski definition) is 5. The number of aromatic nitrogens is 3. The van der Waals surface area contributed by atoms with Crippen molar-refractivity contribution < 1.29 is 9.47 Å². The zero-order valence-corrected chi connectivity index (χ0v) is 18.9. The van der Waals surface area contributed by atoms with Crippen molar-refractivity contribution in [1.29, 1.82) is 0 Å². The molecule has 0 fully saturated rings. The van der Waals surface area contributed by atoms with Crippen molar-refractivity contribution in [3.63, 3.8) is 0 Å². The van der Waals surface area contributed by atoms with Gasteiger partial charge in [0.25, 0.3) is 0 Å². The Balaban J connectivity index is 1.73. The highest BCUT2D eigenvalue weighted by Gasteiger charge is 2.19. The van der Waals surface area contributed by atoms with Crippen molar-refractivity contribution >= 4 is 11.8 Å². The van der Waals surface area contributed by atoms with Crippen molar-refractivity contribution in [3.05, 3.63) is 78.1 Å². The molecule has 0 saturated carbocycles. The number of thioether (sulfide) groups is 1. The summed E-state index contributed by atoms with van der Waals surface area (Å²) >= 11 is 1.64. The van der Waals surface area contributed by atoms with E-state index in [-0.39, 0.29) is 6.10 Å². The van der Waals surface area contributed by atoms with Crippen LogP contribution in [0.5, 0.6) is 11.5 Å². The van der Waals surface area contributed by atoms with Crippen molar-refractivity contribution in [3.8, 4) is 11.5 Å². The minimum Gasteiger partial charge on any atom is -0.497 e. The number of benzene rings is 2. The molecule has 0 aliphatic rings. The molecule has 1 unspecified atom stereocenters. The summed E-state index contributed by atoms with van der Waals surface area (Å²) in [4.78, 5) is 0. The zero-order chi connectivity index (χ0) is 21.5. The number of rotatable bonds is 10. The number of methoxy groups -OCH3 is 1. The second-order valence-electron chi connectivity index (χ2n) is 7.36. The Hall–Kier alpha value is -2.73. The molecule has 1 heterocycles. The van der Waals surface area contributed by atoms with Crippen LogP contribution in [0.15, 0.2) is 66.3 Å². The van der Waals surface area contributed by atoms with Crippen LogP contribution in [0.25, 0.3) is 0 Å². The summed E-state index contributed by atoms with van der Waals surface area (Å²) in [6, 6.07) is 16.3. The molecule has 0 aliphatic heterocycles. The standard InChI is InChI=1S/C24H29N3O2S/c1-6-14-27-23(18(4)29-21-12-10-20(11-13-21)17(2)3)25-26-24(27)30-16-19-8-7-9-22(15-19)28-5/h6-13,15,17-18H,1,14,16H2,2-5H3. The lowest BCUT2D eigenvalue weighted by molar-refractivity contribution is 0.210. The lowest BCUT2D eigenvalue weighted by atomic mass is 10.0. The summed E-state index contributed by atoms with van der Waals surface area (Å²) in [7, 11) is 1.68. The molecule has 3 rings (SSSR count). The van der Waals surface area contributed by atoms with Crippen LogP contribution in [0.1, 0.15) is 49.7 Å². The molecule has 0 spiro atoms. The minimum absolute atomic E-state index is 0.228. The monoisotopic (exact) mass is 423 g/mol. The van der Waals surface area contributed by atoms with Gasteiger partial charge in [0.2, 0.25) is 0 Å². The first kappa shape index (κ1) is 22.0. The van der Waals surface area contributed by atoms with Crippen LogP contribution in [-0.2, 0) is 12.3 Å². The van der Waals surface area contributed by atoms with Gasteiger partial charge in [0.15, 0.2) is 17.1 Å². The number of nitrogens with zero attached hydrogens (tertiary/aromatic N) is 3. The Morgan fingerprint density at radius 1 is 1.07 bits per heavy atom. The van der Waals surface area contributed by atoms with Crippen molar-refractivity contribution in [2.75, 3.05) is 7.11 Å². The van der Waals surface area contributed by atoms with Crippen molar-refractivity contribution in [2.24, 2.45) is 0 Å². The van der Waals surface area contributed by atoms with E-state index in [0.29, 0.717) is 12.5 Å². The van der Waals surface area contributed by atoms with Gasteiger partial charge in [0, 0.05) is 12.3 Å². The van der Waals surface area contributed by atoms with Gasteiger partial charge in [-0.05, 0) is 48.2 Å². The summed E-state index contributed by atoms with van der Waals surface area (Å²) < 4.78 is 13.5. The second-order valence-corrected chi connectivity index (χ2v) is 8.31. The van der Waals surface area contributed by atoms with Crippen LogP contribution in [0.3, 0.4) is 0 Å². The van der Waals surface area contributed by atoms with E-state index in [2.05, 4.69) is 53.4 Å². The SMILES string of the molecule is C=CCn1c(SCc2cccc(OC)c2)nnc1C(C)Oc1ccc(C(C)C)cc1. The van der Waals surface area contributed by atoms with E-state index in [4.69, 9.17) is 9.47 Å². The first-order chi connectivity index (χ1) is 14.5.